The van der Waals surface area contributed by atoms with Gasteiger partial charge in [0.25, 0.3) is 0 Å². The molecule has 0 spiro atoms. The summed E-state index contributed by atoms with van der Waals surface area (Å²) in [6, 6.07) is 30.6. The maximum absolute atomic E-state index is 2.30. The Kier molecular flexibility index (Phi) is 7.17. The summed E-state index contributed by atoms with van der Waals surface area (Å²) in [5.41, 5.74) is 1.41. The summed E-state index contributed by atoms with van der Waals surface area (Å²) in [5.74, 6) is 0. The van der Waals surface area contributed by atoms with Gasteiger partial charge in [-0.05, 0) is 43.5 Å². The second-order valence-corrected chi connectivity index (χ2v) is 8.06. The fourth-order valence-electron chi connectivity index (χ4n) is 2.78. The average Bonchev–Trinajstić information content (AvgIpc) is 2.58. The van der Waals surface area contributed by atoms with Crippen LogP contribution in [0.3, 0.4) is 0 Å². The Bertz CT molecular complexity index is 705. The van der Waals surface area contributed by atoms with E-state index >= 15 is 0 Å². The Morgan fingerprint density at radius 1 is 0.667 bits per heavy atom. The molecule has 3 heteroatoms. The molecule has 0 N–H and O–H groups in total. The molecule has 0 atom stereocenters. The monoisotopic (exact) mass is 399 g/mol. The minimum Gasteiger partial charge on any atom is -0.305 e. The summed E-state index contributed by atoms with van der Waals surface area (Å²) in [6.07, 6.45) is 0. The number of halogens is 1. The fourth-order valence-corrected chi connectivity index (χ4v) is 5.25. The van der Waals surface area contributed by atoms with E-state index < -0.39 is 7.92 Å². The summed E-state index contributed by atoms with van der Waals surface area (Å²) >= 11 is 0. The first-order valence-corrected chi connectivity index (χ1v) is 9.23. The molecular weight excluding hydrogens is 377 g/mol. The summed E-state index contributed by atoms with van der Waals surface area (Å²) in [6.45, 7) is 0.967. The van der Waals surface area contributed by atoms with Gasteiger partial charge in [-0.2, -0.15) is 0 Å². The van der Waals surface area contributed by atoms with Crippen LogP contribution in [0.15, 0.2) is 84.9 Å². The molecule has 0 fully saturated rings. The Labute approximate surface area is 156 Å². The van der Waals surface area contributed by atoms with Crippen molar-refractivity contribution in [2.45, 2.75) is 6.54 Å². The smallest absolute Gasteiger partial charge is 0.0234 e. The van der Waals surface area contributed by atoms with Crippen LogP contribution >= 0.6 is 24.9 Å². The van der Waals surface area contributed by atoms with Crippen LogP contribution in [0.4, 0.5) is 0 Å². The van der Waals surface area contributed by atoms with Crippen molar-refractivity contribution in [3.63, 3.8) is 0 Å². The van der Waals surface area contributed by atoms with Gasteiger partial charge in [-0.3, -0.25) is 0 Å². The zero-order valence-corrected chi connectivity index (χ0v) is 16.7. The van der Waals surface area contributed by atoms with E-state index in [0.29, 0.717) is 0 Å². The highest BCUT2D eigenvalue weighted by molar-refractivity contribution is 8.93. The van der Waals surface area contributed by atoms with E-state index in [4.69, 9.17) is 0 Å². The van der Waals surface area contributed by atoms with Gasteiger partial charge in [0.2, 0.25) is 0 Å². The molecule has 0 aliphatic rings. The van der Waals surface area contributed by atoms with Crippen LogP contribution < -0.4 is 15.9 Å². The zero-order valence-electron chi connectivity index (χ0n) is 14.1. The van der Waals surface area contributed by atoms with E-state index in [2.05, 4.69) is 104 Å². The lowest BCUT2D eigenvalue weighted by Gasteiger charge is -2.23. The van der Waals surface area contributed by atoms with Crippen molar-refractivity contribution in [3.8, 4) is 0 Å². The highest BCUT2D eigenvalue weighted by Crippen LogP contribution is 2.34. The zero-order chi connectivity index (χ0) is 16.1. The molecule has 0 saturated heterocycles. The van der Waals surface area contributed by atoms with E-state index in [0.717, 1.165) is 6.54 Å². The van der Waals surface area contributed by atoms with Gasteiger partial charge in [-0.1, -0.05) is 84.9 Å². The molecule has 0 aromatic heterocycles. The van der Waals surface area contributed by atoms with Gasteiger partial charge in [0.05, 0.1) is 0 Å². The molecule has 0 radical (unpaired) electrons. The lowest BCUT2D eigenvalue weighted by atomic mass is 10.2. The third kappa shape index (κ3) is 4.54. The van der Waals surface area contributed by atoms with Crippen molar-refractivity contribution in [1.29, 1.82) is 0 Å². The number of hydrogen-bond donors (Lipinski definition) is 0. The number of hydrogen-bond acceptors (Lipinski definition) is 1. The molecule has 0 saturated carbocycles. The quantitative estimate of drug-likeness (QED) is 0.584. The molecule has 3 aromatic rings. The Morgan fingerprint density at radius 2 is 1.12 bits per heavy atom. The van der Waals surface area contributed by atoms with Gasteiger partial charge >= 0.3 is 0 Å². The first-order chi connectivity index (χ1) is 11.3. The first-order valence-electron chi connectivity index (χ1n) is 7.88. The highest BCUT2D eigenvalue weighted by Gasteiger charge is 2.18. The second-order valence-electron chi connectivity index (χ2n) is 5.87. The third-order valence-corrected chi connectivity index (χ3v) is 6.30. The van der Waals surface area contributed by atoms with Crippen LogP contribution in [-0.4, -0.2) is 19.0 Å². The van der Waals surface area contributed by atoms with Crippen LogP contribution in [0.25, 0.3) is 0 Å². The molecule has 0 heterocycles. The van der Waals surface area contributed by atoms with Crippen LogP contribution in [0.2, 0.25) is 0 Å². The van der Waals surface area contributed by atoms with E-state index in [1.54, 1.807) is 0 Å². The maximum atomic E-state index is 2.30. The summed E-state index contributed by atoms with van der Waals surface area (Å²) in [7, 11) is 3.73. The number of rotatable bonds is 5. The topological polar surface area (TPSA) is 3.24 Å². The van der Waals surface area contributed by atoms with E-state index in [-0.39, 0.29) is 17.0 Å². The van der Waals surface area contributed by atoms with E-state index in [1.807, 2.05) is 0 Å². The van der Waals surface area contributed by atoms with Gasteiger partial charge < -0.3 is 4.90 Å². The minimum atomic E-state index is -0.524. The third-order valence-electron chi connectivity index (χ3n) is 3.75. The van der Waals surface area contributed by atoms with Crippen molar-refractivity contribution >= 4 is 40.8 Å². The molecule has 0 aliphatic carbocycles. The number of nitrogens with zero attached hydrogens (tertiary/aromatic N) is 1. The predicted molar refractivity (Wildman–Crippen MR) is 113 cm³/mol. The molecule has 24 heavy (non-hydrogen) atoms. The van der Waals surface area contributed by atoms with Crippen molar-refractivity contribution in [2.24, 2.45) is 0 Å². The maximum Gasteiger partial charge on any atom is 0.0234 e. The molecular formula is C21H23BrNP. The molecule has 1 nitrogen and oxygen atoms in total. The SMILES string of the molecule is Br.CN(C)Cc1ccccc1P(c1ccccc1)c1ccccc1. The first kappa shape index (κ1) is 18.9. The largest absolute Gasteiger partial charge is 0.305 e. The normalized spacial score (nSPS) is 10.7. The van der Waals surface area contributed by atoms with E-state index in [9.17, 15) is 0 Å². The van der Waals surface area contributed by atoms with Crippen LogP contribution in [0, 0.1) is 0 Å². The standard InChI is InChI=1S/C21H22NP.BrH/c1-22(2)17-18-11-9-10-16-21(18)23(19-12-5-3-6-13-19)20-14-7-4-8-15-20;/h3-16H,17H2,1-2H3;1H. The molecule has 0 bridgehead atoms. The second kappa shape index (κ2) is 9.13. The molecule has 3 aromatic carbocycles. The molecule has 0 amide bonds. The van der Waals surface area contributed by atoms with Crippen molar-refractivity contribution in [1.82, 2.24) is 4.90 Å². The van der Waals surface area contributed by atoms with E-state index in [1.165, 1.54) is 21.5 Å². The predicted octanol–water partition coefficient (Wildman–Crippen LogP) is 4.08. The average molecular weight is 400 g/mol. The molecule has 0 aliphatic heterocycles. The van der Waals surface area contributed by atoms with Crippen molar-refractivity contribution in [3.05, 3.63) is 90.5 Å². The van der Waals surface area contributed by atoms with Crippen LogP contribution in [0.1, 0.15) is 5.56 Å². The van der Waals surface area contributed by atoms with Gasteiger partial charge in [0.1, 0.15) is 0 Å². The van der Waals surface area contributed by atoms with Crippen molar-refractivity contribution < 1.29 is 0 Å². The van der Waals surface area contributed by atoms with Crippen LogP contribution in [0.5, 0.6) is 0 Å². The Morgan fingerprint density at radius 3 is 1.62 bits per heavy atom. The Hall–Kier alpha value is -1.47. The van der Waals surface area contributed by atoms with Gasteiger partial charge in [-0.25, -0.2) is 0 Å². The minimum absolute atomic E-state index is 0. The fraction of sp³-hybridized carbons (Fsp3) is 0.143. The lowest BCUT2D eigenvalue weighted by molar-refractivity contribution is 0.403. The molecule has 0 unspecified atom stereocenters. The summed E-state index contributed by atoms with van der Waals surface area (Å²) in [5, 5.41) is 4.26. The van der Waals surface area contributed by atoms with Gasteiger partial charge in [0, 0.05) is 6.54 Å². The Balaban J connectivity index is 0.00000208. The number of benzene rings is 3. The summed E-state index contributed by atoms with van der Waals surface area (Å²) < 4.78 is 0. The lowest BCUT2D eigenvalue weighted by Crippen LogP contribution is -2.25. The van der Waals surface area contributed by atoms with Crippen molar-refractivity contribution in [2.75, 3.05) is 14.1 Å². The van der Waals surface area contributed by atoms with Gasteiger partial charge in [0.15, 0.2) is 0 Å². The van der Waals surface area contributed by atoms with Crippen LogP contribution in [-0.2, 0) is 6.54 Å². The molecule has 3 rings (SSSR count). The molecule has 124 valence electrons. The summed E-state index contributed by atoms with van der Waals surface area (Å²) in [4.78, 5) is 2.24. The highest BCUT2D eigenvalue weighted by atomic mass is 79.9. The van der Waals surface area contributed by atoms with Gasteiger partial charge in [-0.15, -0.1) is 17.0 Å².